The molecule has 1 aromatic carbocycles. The van der Waals surface area contributed by atoms with Gasteiger partial charge in [-0.15, -0.1) is 0 Å². The number of carbonyl (C=O) groups excluding carboxylic acids is 1. The Morgan fingerprint density at radius 2 is 2.32 bits per heavy atom. The Hall–Kier alpha value is -1.97. The van der Waals surface area contributed by atoms with E-state index in [0.717, 1.165) is 24.4 Å². The van der Waals surface area contributed by atoms with Crippen LogP contribution in [0.5, 0.6) is 11.5 Å². The molecule has 1 amide bonds. The van der Waals surface area contributed by atoms with E-state index in [4.69, 9.17) is 4.74 Å². The maximum Gasteiger partial charge on any atom is 0.243 e. The number of benzene rings is 1. The molecular formula is C15H19NO3. The minimum absolute atomic E-state index is 0.0683. The fraction of sp³-hybridized carbons (Fsp3) is 0.400. The summed E-state index contributed by atoms with van der Waals surface area (Å²) in [5, 5.41) is 12.5. The maximum atomic E-state index is 11.5. The highest BCUT2D eigenvalue weighted by molar-refractivity contribution is 5.91. The first kappa shape index (κ1) is 13.5. The van der Waals surface area contributed by atoms with Crippen LogP contribution in [0.2, 0.25) is 0 Å². The van der Waals surface area contributed by atoms with Crippen molar-refractivity contribution >= 4 is 12.0 Å². The number of rotatable bonds is 6. The number of hydrogen-bond donors (Lipinski definition) is 2. The van der Waals surface area contributed by atoms with Crippen LogP contribution in [0.4, 0.5) is 0 Å². The molecule has 19 heavy (non-hydrogen) atoms. The van der Waals surface area contributed by atoms with Crippen molar-refractivity contribution in [1.29, 1.82) is 0 Å². The van der Waals surface area contributed by atoms with Gasteiger partial charge in [-0.1, -0.05) is 18.9 Å². The Labute approximate surface area is 113 Å². The molecule has 0 bridgehead atoms. The standard InChI is InChI=1S/C15H19NO3/c1-19-14-6-4-12(10-13(14)17)5-7-15(18)16-9-8-11-2-3-11/h4-7,10-11,17H,2-3,8-9H2,1H3,(H,16,18)/b7-5+. The number of nitrogens with one attached hydrogen (secondary N) is 1. The summed E-state index contributed by atoms with van der Waals surface area (Å²) in [4.78, 5) is 11.5. The number of hydrogen-bond acceptors (Lipinski definition) is 3. The summed E-state index contributed by atoms with van der Waals surface area (Å²) >= 11 is 0. The predicted molar refractivity (Wildman–Crippen MR) is 74.0 cm³/mol. The Morgan fingerprint density at radius 1 is 1.53 bits per heavy atom. The number of phenols is 1. The lowest BCUT2D eigenvalue weighted by molar-refractivity contribution is -0.116. The molecule has 0 radical (unpaired) electrons. The fourth-order valence-electron chi connectivity index (χ4n) is 1.85. The van der Waals surface area contributed by atoms with Gasteiger partial charge in [0.25, 0.3) is 0 Å². The van der Waals surface area contributed by atoms with Gasteiger partial charge < -0.3 is 15.2 Å². The maximum absolute atomic E-state index is 11.5. The molecule has 1 aromatic rings. The van der Waals surface area contributed by atoms with Gasteiger partial charge in [0.1, 0.15) is 0 Å². The Bertz CT molecular complexity index is 478. The van der Waals surface area contributed by atoms with Crippen LogP contribution in [0.25, 0.3) is 6.08 Å². The van der Waals surface area contributed by atoms with Crippen molar-refractivity contribution in [3.8, 4) is 11.5 Å². The summed E-state index contributed by atoms with van der Waals surface area (Å²) in [7, 11) is 1.50. The molecule has 0 saturated heterocycles. The van der Waals surface area contributed by atoms with Crippen LogP contribution < -0.4 is 10.1 Å². The second-order valence-corrected chi connectivity index (χ2v) is 4.79. The molecule has 102 valence electrons. The summed E-state index contributed by atoms with van der Waals surface area (Å²) < 4.78 is 4.95. The molecule has 1 saturated carbocycles. The molecule has 1 aliphatic rings. The Balaban J connectivity index is 1.82. The number of carbonyl (C=O) groups is 1. The predicted octanol–water partition coefficient (Wildman–Crippen LogP) is 2.33. The molecule has 4 nitrogen and oxygen atoms in total. The summed E-state index contributed by atoms with van der Waals surface area (Å²) in [6.07, 6.45) is 6.83. The van der Waals surface area contributed by atoms with Crippen LogP contribution in [0, 0.1) is 5.92 Å². The van der Waals surface area contributed by atoms with Crippen molar-refractivity contribution in [3.05, 3.63) is 29.8 Å². The SMILES string of the molecule is COc1ccc(/C=C/C(=O)NCCC2CC2)cc1O. The van der Waals surface area contributed by atoms with Gasteiger partial charge in [0.2, 0.25) is 5.91 Å². The van der Waals surface area contributed by atoms with Crippen molar-refractivity contribution < 1.29 is 14.6 Å². The van der Waals surface area contributed by atoms with Crippen LogP contribution >= 0.6 is 0 Å². The molecule has 0 atom stereocenters. The van der Waals surface area contributed by atoms with Crippen LogP contribution in [0.1, 0.15) is 24.8 Å². The molecule has 0 unspecified atom stereocenters. The van der Waals surface area contributed by atoms with Crippen LogP contribution in [0.3, 0.4) is 0 Å². The van der Waals surface area contributed by atoms with E-state index in [-0.39, 0.29) is 11.7 Å². The Morgan fingerprint density at radius 3 is 2.95 bits per heavy atom. The van der Waals surface area contributed by atoms with E-state index in [1.807, 2.05) is 0 Å². The highest BCUT2D eigenvalue weighted by Gasteiger charge is 2.20. The Kier molecular flexibility index (Phi) is 4.44. The summed E-state index contributed by atoms with van der Waals surface area (Å²) in [6.45, 7) is 0.738. The van der Waals surface area contributed by atoms with Gasteiger partial charge in [-0.3, -0.25) is 4.79 Å². The van der Waals surface area contributed by atoms with E-state index in [2.05, 4.69) is 5.32 Å². The first-order chi connectivity index (χ1) is 9.19. The normalized spacial score (nSPS) is 14.6. The van der Waals surface area contributed by atoms with E-state index in [1.165, 1.54) is 26.0 Å². The lowest BCUT2D eigenvalue weighted by atomic mass is 10.2. The van der Waals surface area contributed by atoms with Crippen molar-refractivity contribution in [1.82, 2.24) is 5.32 Å². The molecule has 2 N–H and O–H groups in total. The highest BCUT2D eigenvalue weighted by Crippen LogP contribution is 2.31. The highest BCUT2D eigenvalue weighted by atomic mass is 16.5. The topological polar surface area (TPSA) is 58.6 Å². The first-order valence-electron chi connectivity index (χ1n) is 6.52. The molecule has 0 aromatic heterocycles. The average molecular weight is 261 g/mol. The van der Waals surface area contributed by atoms with Crippen molar-refractivity contribution in [3.63, 3.8) is 0 Å². The fourth-order valence-corrected chi connectivity index (χ4v) is 1.85. The third-order valence-corrected chi connectivity index (χ3v) is 3.18. The molecule has 2 rings (SSSR count). The summed E-state index contributed by atoms with van der Waals surface area (Å²) in [5.74, 6) is 1.21. The number of amides is 1. The zero-order valence-corrected chi connectivity index (χ0v) is 11.1. The van der Waals surface area contributed by atoms with Crippen molar-refractivity contribution in [2.24, 2.45) is 5.92 Å². The molecule has 1 fully saturated rings. The first-order valence-corrected chi connectivity index (χ1v) is 6.52. The minimum atomic E-state index is -0.101. The van der Waals surface area contributed by atoms with Crippen LogP contribution in [-0.2, 0) is 4.79 Å². The van der Waals surface area contributed by atoms with Crippen LogP contribution in [-0.4, -0.2) is 24.7 Å². The second kappa shape index (κ2) is 6.27. The average Bonchev–Trinajstić information content (AvgIpc) is 3.20. The molecule has 1 aliphatic carbocycles. The van der Waals surface area contributed by atoms with Gasteiger partial charge in [0, 0.05) is 12.6 Å². The van der Waals surface area contributed by atoms with E-state index in [1.54, 1.807) is 24.3 Å². The molecule has 0 aliphatic heterocycles. The zero-order valence-electron chi connectivity index (χ0n) is 11.1. The number of methoxy groups -OCH3 is 1. The quantitative estimate of drug-likeness (QED) is 0.773. The lowest BCUT2D eigenvalue weighted by Crippen LogP contribution is -2.22. The van der Waals surface area contributed by atoms with Gasteiger partial charge >= 0.3 is 0 Å². The smallest absolute Gasteiger partial charge is 0.243 e. The van der Waals surface area contributed by atoms with E-state index >= 15 is 0 Å². The number of ether oxygens (including phenoxy) is 1. The van der Waals surface area contributed by atoms with Gasteiger partial charge in [-0.25, -0.2) is 0 Å². The van der Waals surface area contributed by atoms with Gasteiger partial charge in [0.05, 0.1) is 7.11 Å². The van der Waals surface area contributed by atoms with Crippen molar-refractivity contribution in [2.75, 3.05) is 13.7 Å². The summed E-state index contributed by atoms with van der Waals surface area (Å²) in [6, 6.07) is 5.01. The van der Waals surface area contributed by atoms with E-state index in [9.17, 15) is 9.90 Å². The van der Waals surface area contributed by atoms with Gasteiger partial charge in [0.15, 0.2) is 11.5 Å². The van der Waals surface area contributed by atoms with Crippen molar-refractivity contribution in [2.45, 2.75) is 19.3 Å². The monoisotopic (exact) mass is 261 g/mol. The largest absolute Gasteiger partial charge is 0.504 e. The third-order valence-electron chi connectivity index (χ3n) is 3.18. The second-order valence-electron chi connectivity index (χ2n) is 4.79. The van der Waals surface area contributed by atoms with E-state index in [0.29, 0.717) is 5.75 Å². The third kappa shape index (κ3) is 4.32. The number of aromatic hydroxyl groups is 1. The number of phenolic OH excluding ortho intramolecular Hbond substituents is 1. The van der Waals surface area contributed by atoms with Crippen LogP contribution in [0.15, 0.2) is 24.3 Å². The summed E-state index contributed by atoms with van der Waals surface area (Å²) in [5.41, 5.74) is 0.760. The van der Waals surface area contributed by atoms with Gasteiger partial charge in [-0.05, 0) is 36.1 Å². The molecular weight excluding hydrogens is 242 g/mol. The lowest BCUT2D eigenvalue weighted by Gasteiger charge is -2.03. The van der Waals surface area contributed by atoms with Gasteiger partial charge in [-0.2, -0.15) is 0 Å². The molecule has 0 spiro atoms. The zero-order chi connectivity index (χ0) is 13.7. The molecule has 4 heteroatoms. The molecule has 0 heterocycles. The minimum Gasteiger partial charge on any atom is -0.504 e. The van der Waals surface area contributed by atoms with E-state index < -0.39 is 0 Å².